The highest BCUT2D eigenvalue weighted by molar-refractivity contribution is 6.18. The van der Waals surface area contributed by atoms with Crippen LogP contribution in [-0.4, -0.2) is 70.6 Å². The Balaban J connectivity index is 1.62. The van der Waals surface area contributed by atoms with Gasteiger partial charge in [-0.05, 0) is 55.9 Å². The van der Waals surface area contributed by atoms with Gasteiger partial charge in [0.1, 0.15) is 17.8 Å². The van der Waals surface area contributed by atoms with Crippen LogP contribution in [0, 0.1) is 5.92 Å². The monoisotopic (exact) mass is 590 g/mol. The maximum absolute atomic E-state index is 14.0. The molecule has 11 heteroatoms. The van der Waals surface area contributed by atoms with Gasteiger partial charge in [0.15, 0.2) is 5.82 Å². The fraction of sp³-hybridized carbons (Fsp3) is 0.438. The Hall–Kier alpha value is -4.06. The average Bonchev–Trinajstić information content (AvgIpc) is 3.47. The van der Waals surface area contributed by atoms with Gasteiger partial charge in [0.05, 0.1) is 32.2 Å². The molecule has 0 radical (unpaired) electrons. The number of nitrogens with zero attached hydrogens (tertiary/aromatic N) is 4. The normalized spacial score (nSPS) is 15.5. The Morgan fingerprint density at radius 2 is 1.72 bits per heavy atom. The lowest BCUT2D eigenvalue weighted by Gasteiger charge is -2.33. The van der Waals surface area contributed by atoms with Crippen LogP contribution < -0.4 is 21.1 Å². The summed E-state index contributed by atoms with van der Waals surface area (Å²) in [6.45, 7) is 6.63. The van der Waals surface area contributed by atoms with Gasteiger partial charge in [-0.1, -0.05) is 49.4 Å². The second kappa shape index (κ2) is 13.9. The molecular weight excluding hydrogens is 548 g/mol. The second-order valence-corrected chi connectivity index (χ2v) is 11.7. The smallest absolute Gasteiger partial charge is 0.254 e. The number of nitrogens with two attached hydrogens (primary N) is 2. The van der Waals surface area contributed by atoms with E-state index in [1.165, 1.54) is 26.4 Å². The van der Waals surface area contributed by atoms with E-state index in [0.29, 0.717) is 30.3 Å². The number of benzene rings is 2. The molecule has 1 aliphatic heterocycles. The Kier molecular flexibility index (Phi) is 10.3. The number of amides is 3. The molecule has 11 nitrogen and oxygen atoms in total. The van der Waals surface area contributed by atoms with Gasteiger partial charge in [0.25, 0.3) is 11.8 Å². The van der Waals surface area contributed by atoms with Crippen LogP contribution in [-0.2, 0) is 25.7 Å². The van der Waals surface area contributed by atoms with Crippen molar-refractivity contribution in [2.75, 3.05) is 31.7 Å². The quantitative estimate of drug-likeness (QED) is 0.347. The molecule has 0 unspecified atom stereocenters. The van der Waals surface area contributed by atoms with E-state index in [0.717, 1.165) is 23.3 Å². The molecule has 1 aliphatic rings. The number of hydrogen-bond donors (Lipinski definition) is 2. The molecule has 2 atom stereocenters. The first-order chi connectivity index (χ1) is 20.5. The number of hydrogen-bond acceptors (Lipinski definition) is 8. The first-order valence-electron chi connectivity index (χ1n) is 14.5. The number of carbonyl (C=O) groups is 3. The number of piperidine rings is 1. The molecule has 0 saturated carbocycles. The third kappa shape index (κ3) is 7.86. The number of carbonyl (C=O) groups excluding carboxylic acids is 3. The molecule has 2 aromatic carbocycles. The van der Waals surface area contributed by atoms with E-state index in [2.05, 4.69) is 11.9 Å². The molecule has 1 saturated heterocycles. The van der Waals surface area contributed by atoms with Crippen LogP contribution in [0.5, 0.6) is 5.75 Å². The summed E-state index contributed by atoms with van der Waals surface area (Å²) in [4.78, 5) is 48.2. The predicted molar refractivity (Wildman–Crippen MR) is 163 cm³/mol. The summed E-state index contributed by atoms with van der Waals surface area (Å²) in [6, 6.07) is 14.8. The van der Waals surface area contributed by atoms with Crippen molar-refractivity contribution in [1.82, 2.24) is 14.5 Å². The highest BCUT2D eigenvalue weighted by Gasteiger charge is 2.38. The van der Waals surface area contributed by atoms with Gasteiger partial charge in [-0.15, -0.1) is 0 Å². The van der Waals surface area contributed by atoms with Crippen molar-refractivity contribution >= 4 is 23.5 Å². The lowest BCUT2D eigenvalue weighted by Crippen LogP contribution is -2.57. The van der Waals surface area contributed by atoms with Crippen LogP contribution in [0.3, 0.4) is 0 Å². The Labute approximate surface area is 252 Å². The van der Waals surface area contributed by atoms with Crippen LogP contribution in [0.2, 0.25) is 0 Å². The van der Waals surface area contributed by atoms with Gasteiger partial charge < -0.3 is 30.4 Å². The van der Waals surface area contributed by atoms with Gasteiger partial charge in [-0.2, -0.15) is 0 Å². The van der Waals surface area contributed by atoms with Gasteiger partial charge in [0.2, 0.25) is 5.91 Å². The lowest BCUT2D eigenvalue weighted by molar-refractivity contribution is -0.135. The van der Waals surface area contributed by atoms with Crippen LogP contribution >= 0.6 is 0 Å². The van der Waals surface area contributed by atoms with Crippen LogP contribution in [0.25, 0.3) is 0 Å². The van der Waals surface area contributed by atoms with E-state index in [4.69, 9.17) is 20.9 Å². The number of anilines is 1. The number of imide groups is 1. The third-order valence-electron chi connectivity index (χ3n) is 7.58. The van der Waals surface area contributed by atoms with Gasteiger partial charge in [-0.3, -0.25) is 14.4 Å². The maximum Gasteiger partial charge on any atom is 0.254 e. The average molecular weight is 591 g/mol. The van der Waals surface area contributed by atoms with Gasteiger partial charge in [-0.25, -0.2) is 9.88 Å². The molecule has 3 aromatic rings. The fourth-order valence-corrected chi connectivity index (χ4v) is 4.93. The zero-order valence-corrected chi connectivity index (χ0v) is 25.3. The largest absolute Gasteiger partial charge is 0.497 e. The molecule has 0 aliphatic carbocycles. The second-order valence-electron chi connectivity index (χ2n) is 11.7. The van der Waals surface area contributed by atoms with Crippen LogP contribution in [0.4, 0.5) is 5.82 Å². The van der Waals surface area contributed by atoms with E-state index in [1.807, 2.05) is 47.4 Å². The van der Waals surface area contributed by atoms with E-state index in [9.17, 15) is 14.4 Å². The standard InChI is InChI=1S/C32H42N6O5/c1-22-14-16-36(17-15-22)30(40)28(24-10-12-25(42-4)13-11-24)37-18-27(35-21-37)38(31(41)32(2,3)34)29(39)26(33)20-43-19-23-8-6-5-7-9-23/h5-13,18,21-22,26,28H,14-17,19-20,33-34H2,1-4H3/t26-,28-/m1/s1. The summed E-state index contributed by atoms with van der Waals surface area (Å²) in [5, 5.41) is 0. The first kappa shape index (κ1) is 31.9. The molecule has 4 N–H and O–H groups in total. The zero-order chi connectivity index (χ0) is 31.1. The predicted octanol–water partition coefficient (Wildman–Crippen LogP) is 2.88. The number of aromatic nitrogens is 2. The third-order valence-corrected chi connectivity index (χ3v) is 7.58. The van der Waals surface area contributed by atoms with Crippen molar-refractivity contribution in [3.05, 3.63) is 78.2 Å². The minimum Gasteiger partial charge on any atom is -0.497 e. The highest BCUT2D eigenvalue weighted by Crippen LogP contribution is 2.28. The molecule has 0 spiro atoms. The van der Waals surface area contributed by atoms with E-state index in [1.54, 1.807) is 23.8 Å². The topological polar surface area (TPSA) is 146 Å². The summed E-state index contributed by atoms with van der Waals surface area (Å²) in [5.74, 6) is -0.266. The molecule has 3 amide bonds. The van der Waals surface area contributed by atoms with Crippen molar-refractivity contribution in [3.63, 3.8) is 0 Å². The van der Waals surface area contributed by atoms with E-state index < -0.39 is 29.4 Å². The number of rotatable bonds is 11. The van der Waals surface area contributed by atoms with Crippen molar-refractivity contribution in [2.45, 2.75) is 57.8 Å². The first-order valence-corrected chi connectivity index (χ1v) is 14.5. The number of ether oxygens (including phenoxy) is 2. The Morgan fingerprint density at radius 1 is 1.07 bits per heavy atom. The van der Waals surface area contributed by atoms with Crippen molar-refractivity contribution in [1.29, 1.82) is 0 Å². The van der Waals surface area contributed by atoms with Gasteiger partial charge >= 0.3 is 0 Å². The fourth-order valence-electron chi connectivity index (χ4n) is 4.93. The van der Waals surface area contributed by atoms with Crippen LogP contribution in [0.1, 0.15) is 50.8 Å². The maximum atomic E-state index is 14.0. The number of likely N-dealkylation sites (tertiary alicyclic amines) is 1. The molecule has 2 heterocycles. The highest BCUT2D eigenvalue weighted by atomic mass is 16.5. The van der Waals surface area contributed by atoms with Crippen molar-refractivity contribution in [3.8, 4) is 5.75 Å². The van der Waals surface area contributed by atoms with Crippen molar-refractivity contribution in [2.24, 2.45) is 17.4 Å². The molecule has 1 fully saturated rings. The Bertz CT molecular complexity index is 1380. The van der Waals surface area contributed by atoms with Gasteiger partial charge in [0, 0.05) is 19.3 Å². The molecule has 0 bridgehead atoms. The lowest BCUT2D eigenvalue weighted by atomic mass is 9.97. The summed E-state index contributed by atoms with van der Waals surface area (Å²) in [6.07, 6.45) is 4.80. The van der Waals surface area contributed by atoms with Crippen molar-refractivity contribution < 1.29 is 23.9 Å². The molecule has 230 valence electrons. The minimum atomic E-state index is -1.40. The molecular formula is C32H42N6O5. The zero-order valence-electron chi connectivity index (χ0n) is 25.3. The molecule has 4 rings (SSSR count). The summed E-state index contributed by atoms with van der Waals surface area (Å²) < 4.78 is 12.6. The molecule has 1 aromatic heterocycles. The minimum absolute atomic E-state index is 0.0191. The SMILES string of the molecule is COc1ccc([C@H](C(=O)N2CCC(C)CC2)n2cnc(N(C(=O)[C@H](N)COCc3ccccc3)C(=O)C(C)(C)N)c2)cc1. The Morgan fingerprint density at radius 3 is 2.33 bits per heavy atom. The summed E-state index contributed by atoms with van der Waals surface area (Å²) >= 11 is 0. The molecule has 43 heavy (non-hydrogen) atoms. The van der Waals surface area contributed by atoms with Crippen LogP contribution in [0.15, 0.2) is 67.1 Å². The summed E-state index contributed by atoms with van der Waals surface area (Å²) in [5.41, 5.74) is 12.6. The van der Waals surface area contributed by atoms with E-state index >= 15 is 0 Å². The summed E-state index contributed by atoms with van der Waals surface area (Å²) in [7, 11) is 1.58. The van der Waals surface area contributed by atoms with E-state index in [-0.39, 0.29) is 24.9 Å². The number of methoxy groups -OCH3 is 1. The number of imidazole rings is 1.